The molecule has 1 aromatic carbocycles. The Hall–Kier alpha value is -0.250. The van der Waals surface area contributed by atoms with Crippen molar-refractivity contribution in [3.05, 3.63) is 41.5 Å². The van der Waals surface area contributed by atoms with Gasteiger partial charge in [0.15, 0.2) is 0 Å². The van der Waals surface area contributed by atoms with Gasteiger partial charge in [0, 0.05) is 0 Å². The Balaban J connectivity index is 2.26. The predicted octanol–water partition coefficient (Wildman–Crippen LogP) is 8.43. The van der Waals surface area contributed by atoms with Gasteiger partial charge in [0.05, 0.1) is 0 Å². The summed E-state index contributed by atoms with van der Waals surface area (Å²) in [6.07, 6.45) is 16.9. The summed E-state index contributed by atoms with van der Waals surface area (Å²) >= 11 is -0.0694. The Labute approximate surface area is 174 Å². The van der Waals surface area contributed by atoms with E-state index in [4.69, 9.17) is 0 Å². The van der Waals surface area contributed by atoms with Crippen LogP contribution in [0.4, 0.5) is 0 Å². The van der Waals surface area contributed by atoms with E-state index in [0.717, 1.165) is 0 Å². The monoisotopic (exact) mass is 472 g/mol. The SMILES string of the molecule is CCCCCCCCCCCC[Te]/C(=C/C(C)(C)C)c1ccc(C)cc1. The van der Waals surface area contributed by atoms with Crippen LogP contribution in [0.2, 0.25) is 4.47 Å². The molecule has 0 aliphatic rings. The van der Waals surface area contributed by atoms with E-state index in [0.29, 0.717) is 0 Å². The van der Waals surface area contributed by atoms with Gasteiger partial charge < -0.3 is 0 Å². The van der Waals surface area contributed by atoms with E-state index in [1.165, 1.54) is 79.8 Å². The average molecular weight is 470 g/mol. The van der Waals surface area contributed by atoms with Gasteiger partial charge in [0.25, 0.3) is 0 Å². The molecular weight excluding hydrogens is 428 g/mol. The third-order valence-electron chi connectivity index (χ3n) is 4.66. The van der Waals surface area contributed by atoms with Crippen molar-refractivity contribution in [2.45, 2.75) is 103 Å². The number of rotatable bonds is 13. The van der Waals surface area contributed by atoms with Gasteiger partial charge in [0.1, 0.15) is 0 Å². The molecule has 0 saturated heterocycles. The molecule has 1 rings (SSSR count). The summed E-state index contributed by atoms with van der Waals surface area (Å²) in [7, 11) is 0. The van der Waals surface area contributed by atoms with E-state index < -0.39 is 0 Å². The molecule has 0 nitrogen and oxygen atoms in total. The summed E-state index contributed by atoms with van der Waals surface area (Å²) in [6, 6.07) is 9.19. The molecule has 0 saturated carbocycles. The molecule has 0 N–H and O–H groups in total. The summed E-state index contributed by atoms with van der Waals surface area (Å²) in [5.41, 5.74) is 3.11. The molecule has 0 aliphatic heterocycles. The van der Waals surface area contributed by atoms with E-state index in [9.17, 15) is 0 Å². The molecule has 1 heteroatoms. The zero-order valence-electron chi connectivity index (χ0n) is 18.1. The first kappa shape index (κ1) is 23.8. The minimum absolute atomic E-state index is 0.0694. The second-order valence-electron chi connectivity index (χ2n) is 8.77. The summed E-state index contributed by atoms with van der Waals surface area (Å²) in [5.74, 6) is 0. The Morgan fingerprint density at radius 3 is 1.81 bits per heavy atom. The zero-order chi connectivity index (χ0) is 19.3. The Morgan fingerprint density at radius 2 is 1.31 bits per heavy atom. The van der Waals surface area contributed by atoms with Crippen LogP contribution in [-0.2, 0) is 0 Å². The molecule has 0 unspecified atom stereocenters. The molecule has 0 aliphatic carbocycles. The molecule has 0 amide bonds. The number of hydrogen-bond donors (Lipinski definition) is 0. The maximum absolute atomic E-state index is 2.54. The molecule has 0 fully saturated rings. The number of aryl methyl sites for hydroxylation is 1. The predicted molar refractivity (Wildman–Crippen MR) is 121 cm³/mol. The van der Waals surface area contributed by atoms with Crippen molar-refractivity contribution >= 4 is 24.5 Å². The van der Waals surface area contributed by atoms with Crippen molar-refractivity contribution in [3.63, 3.8) is 0 Å². The van der Waals surface area contributed by atoms with Gasteiger partial charge in [-0.15, -0.1) is 0 Å². The van der Waals surface area contributed by atoms with E-state index in [2.05, 4.69) is 65.0 Å². The van der Waals surface area contributed by atoms with Crippen molar-refractivity contribution in [1.29, 1.82) is 0 Å². The molecule has 148 valence electrons. The third kappa shape index (κ3) is 12.2. The summed E-state index contributed by atoms with van der Waals surface area (Å²) in [6.45, 7) is 11.5. The molecule has 0 aromatic heterocycles. The van der Waals surface area contributed by atoms with Gasteiger partial charge in [-0.1, -0.05) is 0 Å². The van der Waals surface area contributed by atoms with Crippen LogP contribution in [0.15, 0.2) is 30.3 Å². The van der Waals surface area contributed by atoms with Crippen LogP contribution in [0, 0.1) is 12.3 Å². The van der Waals surface area contributed by atoms with Crippen molar-refractivity contribution in [3.8, 4) is 0 Å². The minimum atomic E-state index is -0.0694. The normalized spacial score (nSPS) is 12.6. The average Bonchev–Trinajstić information content (AvgIpc) is 2.58. The molecule has 26 heavy (non-hydrogen) atoms. The number of hydrogen-bond acceptors (Lipinski definition) is 0. The fraction of sp³-hybridized carbons (Fsp3) is 0.680. The van der Waals surface area contributed by atoms with Crippen molar-refractivity contribution in [2.24, 2.45) is 5.41 Å². The van der Waals surface area contributed by atoms with Crippen molar-refractivity contribution in [2.75, 3.05) is 0 Å². The van der Waals surface area contributed by atoms with Gasteiger partial charge in [0.2, 0.25) is 0 Å². The number of unbranched alkanes of at least 4 members (excludes halogenated alkanes) is 9. The van der Waals surface area contributed by atoms with E-state index in [1.54, 1.807) is 3.62 Å². The van der Waals surface area contributed by atoms with Gasteiger partial charge in [-0.2, -0.15) is 0 Å². The first-order chi connectivity index (χ1) is 12.4. The Kier molecular flexibility index (Phi) is 12.7. The second-order valence-corrected chi connectivity index (χ2v) is 12.0. The molecular formula is C25H42Te. The van der Waals surface area contributed by atoms with Crippen LogP contribution in [0.3, 0.4) is 0 Å². The Bertz CT molecular complexity index is 490. The molecule has 0 spiro atoms. The van der Waals surface area contributed by atoms with Crippen LogP contribution in [-0.4, -0.2) is 20.9 Å². The standard InChI is InChI=1S/C25H42Te/c1-6-7-8-9-10-11-12-13-14-15-20-26-24(21-25(3,4)5)23-18-16-22(2)17-19-23/h16-19,21H,6-15,20H2,1-5H3/b24-21+. The summed E-state index contributed by atoms with van der Waals surface area (Å²) in [4.78, 5) is 0. The number of benzene rings is 1. The third-order valence-corrected chi connectivity index (χ3v) is 7.96. The summed E-state index contributed by atoms with van der Waals surface area (Å²) < 4.78 is 3.12. The molecule has 0 atom stereocenters. The zero-order valence-corrected chi connectivity index (χ0v) is 20.4. The van der Waals surface area contributed by atoms with Crippen LogP contribution in [0.1, 0.15) is 103 Å². The quantitative estimate of drug-likeness (QED) is 0.201. The maximum atomic E-state index is 2.54. The van der Waals surface area contributed by atoms with Crippen LogP contribution in [0.5, 0.6) is 0 Å². The van der Waals surface area contributed by atoms with Gasteiger partial charge >= 0.3 is 175 Å². The fourth-order valence-corrected chi connectivity index (χ4v) is 6.82. The molecule has 0 radical (unpaired) electrons. The first-order valence-electron chi connectivity index (χ1n) is 10.8. The molecule has 0 heterocycles. The van der Waals surface area contributed by atoms with Crippen LogP contribution >= 0.6 is 0 Å². The van der Waals surface area contributed by atoms with Gasteiger partial charge in [-0.3, -0.25) is 0 Å². The number of allylic oxidation sites excluding steroid dienone is 1. The van der Waals surface area contributed by atoms with Gasteiger partial charge in [-0.25, -0.2) is 0 Å². The summed E-state index contributed by atoms with van der Waals surface area (Å²) in [5, 5.41) is 0. The van der Waals surface area contributed by atoms with Crippen LogP contribution in [0.25, 0.3) is 3.62 Å². The molecule has 0 bridgehead atoms. The van der Waals surface area contributed by atoms with Gasteiger partial charge in [-0.05, 0) is 0 Å². The Morgan fingerprint density at radius 1 is 0.808 bits per heavy atom. The topological polar surface area (TPSA) is 0 Å². The first-order valence-corrected chi connectivity index (χ1v) is 13.7. The van der Waals surface area contributed by atoms with E-state index >= 15 is 0 Å². The van der Waals surface area contributed by atoms with E-state index in [1.807, 2.05) is 0 Å². The fourth-order valence-electron chi connectivity index (χ4n) is 3.09. The van der Waals surface area contributed by atoms with E-state index in [-0.39, 0.29) is 26.3 Å². The van der Waals surface area contributed by atoms with Crippen molar-refractivity contribution in [1.82, 2.24) is 0 Å². The molecule has 1 aromatic rings. The van der Waals surface area contributed by atoms with Crippen LogP contribution < -0.4 is 0 Å². The van der Waals surface area contributed by atoms with Crippen molar-refractivity contribution < 1.29 is 0 Å². The second kappa shape index (κ2) is 13.8.